The van der Waals surface area contributed by atoms with Crippen LogP contribution in [0.2, 0.25) is 0 Å². The molecule has 0 N–H and O–H groups in total. The van der Waals surface area contributed by atoms with Crippen molar-refractivity contribution >= 4 is 11.9 Å². The predicted molar refractivity (Wildman–Crippen MR) is 179 cm³/mol. The number of hydrogen-bond acceptors (Lipinski definition) is 6. The average molecular weight is 611 g/mol. The Hall–Kier alpha value is -3.02. The van der Waals surface area contributed by atoms with Crippen LogP contribution in [0, 0.1) is 0 Å². The highest BCUT2D eigenvalue weighted by Gasteiger charge is 2.16. The molecule has 0 bridgehead atoms. The van der Waals surface area contributed by atoms with Crippen LogP contribution in [0.25, 0.3) is 0 Å². The Labute approximate surface area is 267 Å². The zero-order chi connectivity index (χ0) is 31.7. The topological polar surface area (TPSA) is 71.1 Å². The van der Waals surface area contributed by atoms with Gasteiger partial charge in [0.2, 0.25) is 0 Å². The molecular formula is C38H58O6. The van der Waals surface area contributed by atoms with Gasteiger partial charge in [0.1, 0.15) is 17.2 Å². The summed E-state index contributed by atoms with van der Waals surface area (Å²) < 4.78 is 22.4. The first-order chi connectivity index (χ1) is 21.5. The minimum absolute atomic E-state index is 0.373. The molecule has 6 heteroatoms. The van der Waals surface area contributed by atoms with Gasteiger partial charge < -0.3 is 18.9 Å². The van der Waals surface area contributed by atoms with E-state index in [2.05, 4.69) is 13.8 Å². The van der Waals surface area contributed by atoms with E-state index in [1.807, 2.05) is 0 Å². The molecule has 44 heavy (non-hydrogen) atoms. The minimum atomic E-state index is -0.720. The van der Waals surface area contributed by atoms with E-state index in [1.54, 1.807) is 55.5 Å². The number of benzene rings is 2. The monoisotopic (exact) mass is 610 g/mol. The van der Waals surface area contributed by atoms with E-state index in [9.17, 15) is 9.59 Å². The molecule has 0 radical (unpaired) electrons. The molecule has 0 spiro atoms. The minimum Gasteiger partial charge on any atom is -0.494 e. The number of esters is 2. The number of carbonyl (C=O) groups excluding carboxylic acids is 2. The van der Waals surface area contributed by atoms with Crippen molar-refractivity contribution in [3.8, 4) is 17.2 Å². The van der Waals surface area contributed by atoms with Gasteiger partial charge in [-0.2, -0.15) is 0 Å². The van der Waals surface area contributed by atoms with Gasteiger partial charge in [0.25, 0.3) is 0 Å². The highest BCUT2D eigenvalue weighted by atomic mass is 16.6. The SMILES string of the molecule is CCCCCCCCCCCCOC(=O)[C@H](C)Oc1ccc(OC(=O)c2ccc(OCCCCCCCCCC)cc2)cc1. The van der Waals surface area contributed by atoms with Crippen molar-refractivity contribution in [1.82, 2.24) is 0 Å². The van der Waals surface area contributed by atoms with E-state index < -0.39 is 12.1 Å². The Morgan fingerprint density at radius 3 is 1.50 bits per heavy atom. The van der Waals surface area contributed by atoms with Gasteiger partial charge >= 0.3 is 11.9 Å². The second-order valence-electron chi connectivity index (χ2n) is 11.8. The van der Waals surface area contributed by atoms with E-state index in [1.165, 1.54) is 96.3 Å². The molecule has 0 heterocycles. The van der Waals surface area contributed by atoms with Crippen LogP contribution in [0.5, 0.6) is 17.2 Å². The van der Waals surface area contributed by atoms with Crippen LogP contribution in [0.15, 0.2) is 48.5 Å². The van der Waals surface area contributed by atoms with Crippen molar-refractivity contribution in [1.29, 1.82) is 0 Å². The fourth-order valence-electron chi connectivity index (χ4n) is 5.00. The van der Waals surface area contributed by atoms with E-state index in [-0.39, 0.29) is 5.97 Å². The highest BCUT2D eigenvalue weighted by molar-refractivity contribution is 5.91. The van der Waals surface area contributed by atoms with Crippen molar-refractivity contribution in [2.45, 2.75) is 142 Å². The maximum atomic E-state index is 12.6. The molecule has 0 fully saturated rings. The lowest BCUT2D eigenvalue weighted by atomic mass is 10.1. The Kier molecular flexibility index (Phi) is 20.5. The second-order valence-corrected chi connectivity index (χ2v) is 11.8. The van der Waals surface area contributed by atoms with Crippen LogP contribution in [0.4, 0.5) is 0 Å². The summed E-state index contributed by atoms with van der Waals surface area (Å²) >= 11 is 0. The van der Waals surface area contributed by atoms with Gasteiger partial charge in [-0.25, -0.2) is 9.59 Å². The Morgan fingerprint density at radius 1 is 0.545 bits per heavy atom. The van der Waals surface area contributed by atoms with Gasteiger partial charge in [-0.1, -0.05) is 117 Å². The fraction of sp³-hybridized carbons (Fsp3) is 0.632. The Morgan fingerprint density at radius 2 is 0.977 bits per heavy atom. The summed E-state index contributed by atoms with van der Waals surface area (Å²) in [6, 6.07) is 13.7. The molecule has 0 aliphatic heterocycles. The largest absolute Gasteiger partial charge is 0.494 e. The van der Waals surface area contributed by atoms with Gasteiger partial charge in [0.15, 0.2) is 6.10 Å². The van der Waals surface area contributed by atoms with Crippen LogP contribution < -0.4 is 14.2 Å². The van der Waals surface area contributed by atoms with Crippen LogP contribution >= 0.6 is 0 Å². The van der Waals surface area contributed by atoms with E-state index in [0.29, 0.717) is 30.3 Å². The van der Waals surface area contributed by atoms with Gasteiger partial charge in [0.05, 0.1) is 18.8 Å². The van der Waals surface area contributed by atoms with Crippen molar-refractivity contribution in [2.24, 2.45) is 0 Å². The Balaban J connectivity index is 1.58. The maximum absolute atomic E-state index is 12.6. The van der Waals surface area contributed by atoms with Crippen molar-refractivity contribution in [3.05, 3.63) is 54.1 Å². The summed E-state index contributed by atoms with van der Waals surface area (Å²) in [6.07, 6.45) is 21.7. The normalized spacial score (nSPS) is 11.6. The molecule has 246 valence electrons. The predicted octanol–water partition coefficient (Wildman–Crippen LogP) is 10.7. The Bertz CT molecular complexity index is 1000. The highest BCUT2D eigenvalue weighted by Crippen LogP contribution is 2.21. The summed E-state index contributed by atoms with van der Waals surface area (Å²) in [4.78, 5) is 24.9. The fourth-order valence-corrected chi connectivity index (χ4v) is 5.00. The quantitative estimate of drug-likeness (QED) is 0.0599. The van der Waals surface area contributed by atoms with Crippen LogP contribution in [0.1, 0.15) is 147 Å². The lowest BCUT2D eigenvalue weighted by Gasteiger charge is -2.14. The third kappa shape index (κ3) is 17.3. The molecule has 0 aromatic heterocycles. The standard InChI is InChI=1S/C38H58O6/c1-4-6-8-10-12-14-15-17-19-21-31-42-37(39)32(3)43-35-26-28-36(29-27-35)44-38(40)33-22-24-34(25-23-33)41-30-20-18-16-13-11-9-7-5-2/h22-29,32H,4-21,30-31H2,1-3H3/t32-/m0/s1. The molecule has 2 rings (SSSR count). The lowest BCUT2D eigenvalue weighted by Crippen LogP contribution is -2.26. The van der Waals surface area contributed by atoms with Crippen LogP contribution in [-0.2, 0) is 9.53 Å². The first-order valence-electron chi connectivity index (χ1n) is 17.4. The average Bonchev–Trinajstić information content (AvgIpc) is 3.04. The first-order valence-corrected chi connectivity index (χ1v) is 17.4. The number of carbonyl (C=O) groups is 2. The molecule has 0 saturated heterocycles. The summed E-state index contributed by atoms with van der Waals surface area (Å²) in [6.45, 7) is 7.27. The lowest BCUT2D eigenvalue weighted by molar-refractivity contribution is -0.151. The molecule has 0 aliphatic carbocycles. The van der Waals surface area contributed by atoms with Gasteiger partial charge in [-0.05, 0) is 68.3 Å². The zero-order valence-corrected chi connectivity index (χ0v) is 27.8. The molecule has 1 atom stereocenters. The molecule has 0 unspecified atom stereocenters. The molecular weight excluding hydrogens is 552 g/mol. The molecule has 2 aromatic rings. The number of unbranched alkanes of at least 4 members (excludes halogenated alkanes) is 16. The molecule has 0 saturated carbocycles. The summed E-state index contributed by atoms with van der Waals surface area (Å²) in [5.41, 5.74) is 0.448. The van der Waals surface area contributed by atoms with Crippen molar-refractivity contribution < 1.29 is 28.5 Å². The molecule has 2 aromatic carbocycles. The van der Waals surface area contributed by atoms with Gasteiger partial charge in [-0.15, -0.1) is 0 Å². The first kappa shape index (κ1) is 37.2. The second kappa shape index (κ2) is 24.3. The van der Waals surface area contributed by atoms with E-state index in [0.717, 1.165) is 25.0 Å². The maximum Gasteiger partial charge on any atom is 0.347 e. The third-order valence-corrected chi connectivity index (χ3v) is 7.78. The third-order valence-electron chi connectivity index (χ3n) is 7.78. The van der Waals surface area contributed by atoms with Crippen molar-refractivity contribution in [2.75, 3.05) is 13.2 Å². The number of rotatable bonds is 26. The van der Waals surface area contributed by atoms with Crippen molar-refractivity contribution in [3.63, 3.8) is 0 Å². The number of hydrogen-bond donors (Lipinski definition) is 0. The summed E-state index contributed by atoms with van der Waals surface area (Å²) in [5.74, 6) is 0.834. The summed E-state index contributed by atoms with van der Waals surface area (Å²) in [5, 5.41) is 0. The van der Waals surface area contributed by atoms with E-state index in [4.69, 9.17) is 18.9 Å². The summed E-state index contributed by atoms with van der Waals surface area (Å²) in [7, 11) is 0. The van der Waals surface area contributed by atoms with Crippen LogP contribution in [0.3, 0.4) is 0 Å². The zero-order valence-electron chi connectivity index (χ0n) is 27.8. The molecule has 0 aliphatic rings. The number of ether oxygens (including phenoxy) is 4. The molecule has 0 amide bonds. The van der Waals surface area contributed by atoms with Crippen LogP contribution in [-0.4, -0.2) is 31.3 Å². The van der Waals surface area contributed by atoms with E-state index >= 15 is 0 Å². The molecule has 6 nitrogen and oxygen atoms in total. The van der Waals surface area contributed by atoms with Gasteiger partial charge in [0, 0.05) is 0 Å². The smallest absolute Gasteiger partial charge is 0.347 e. The van der Waals surface area contributed by atoms with Gasteiger partial charge in [-0.3, -0.25) is 0 Å².